The molecule has 0 saturated carbocycles. The Morgan fingerprint density at radius 1 is 0.708 bits per heavy atom. The van der Waals surface area contributed by atoms with Crippen LogP contribution >= 0.6 is 0 Å². The standard InChI is InChI=1S/C21H19N3/c22-21-23(15-17-9-3-1-4-10-17)19-13-7-8-14-20(19)24(21)16-18-11-5-2-6-12-18/h1-14,22H,15-16H2/p+1. The predicted octanol–water partition coefficient (Wildman–Crippen LogP) is 3.61. The summed E-state index contributed by atoms with van der Waals surface area (Å²) in [4.78, 5) is 0. The molecule has 3 aromatic carbocycles. The molecule has 0 amide bonds. The number of imidazole rings is 1. The van der Waals surface area contributed by atoms with Gasteiger partial charge in [-0.15, -0.1) is 0 Å². The van der Waals surface area contributed by atoms with Crippen molar-refractivity contribution in [2.75, 3.05) is 5.73 Å². The lowest BCUT2D eigenvalue weighted by Crippen LogP contribution is -2.37. The largest absolute Gasteiger partial charge is 0.356 e. The summed E-state index contributed by atoms with van der Waals surface area (Å²) in [5, 5.41) is 0. The molecule has 0 spiro atoms. The van der Waals surface area contributed by atoms with E-state index in [1.54, 1.807) is 0 Å². The zero-order chi connectivity index (χ0) is 16.4. The van der Waals surface area contributed by atoms with Gasteiger partial charge in [0.2, 0.25) is 0 Å². The van der Waals surface area contributed by atoms with Crippen molar-refractivity contribution in [2.24, 2.45) is 0 Å². The molecule has 1 aromatic heterocycles. The van der Waals surface area contributed by atoms with Crippen LogP contribution in [0, 0.1) is 0 Å². The predicted molar refractivity (Wildman–Crippen MR) is 97.6 cm³/mol. The van der Waals surface area contributed by atoms with Gasteiger partial charge in [-0.05, 0) is 23.3 Å². The van der Waals surface area contributed by atoms with Crippen molar-refractivity contribution < 1.29 is 4.57 Å². The first-order valence-corrected chi connectivity index (χ1v) is 8.17. The molecule has 3 nitrogen and oxygen atoms in total. The number of benzene rings is 3. The Balaban J connectivity index is 1.81. The molecule has 0 bridgehead atoms. The van der Waals surface area contributed by atoms with Crippen LogP contribution < -0.4 is 10.3 Å². The van der Waals surface area contributed by atoms with Crippen LogP contribution in [0.1, 0.15) is 11.1 Å². The first kappa shape index (κ1) is 14.5. The molecular weight excluding hydrogens is 294 g/mol. The number of nitrogens with two attached hydrogens (primary N) is 1. The van der Waals surface area contributed by atoms with Crippen molar-refractivity contribution in [3.63, 3.8) is 0 Å². The van der Waals surface area contributed by atoms with Gasteiger partial charge >= 0.3 is 5.95 Å². The zero-order valence-electron chi connectivity index (χ0n) is 13.5. The highest BCUT2D eigenvalue weighted by molar-refractivity contribution is 5.74. The Morgan fingerprint density at radius 3 is 2.00 bits per heavy atom. The second-order valence-electron chi connectivity index (χ2n) is 5.99. The third-order valence-electron chi connectivity index (χ3n) is 4.38. The van der Waals surface area contributed by atoms with E-state index < -0.39 is 0 Å². The van der Waals surface area contributed by atoms with E-state index in [0.717, 1.165) is 30.1 Å². The van der Waals surface area contributed by atoms with Crippen molar-refractivity contribution in [1.82, 2.24) is 4.57 Å². The van der Waals surface area contributed by atoms with E-state index in [2.05, 4.69) is 81.9 Å². The van der Waals surface area contributed by atoms with Crippen LogP contribution in [0.25, 0.3) is 11.0 Å². The molecule has 0 radical (unpaired) electrons. The lowest BCUT2D eigenvalue weighted by atomic mass is 10.2. The molecule has 0 aliphatic carbocycles. The summed E-state index contributed by atoms with van der Waals surface area (Å²) in [5.74, 6) is 0.781. The van der Waals surface area contributed by atoms with Gasteiger partial charge in [0.1, 0.15) is 11.0 Å². The summed E-state index contributed by atoms with van der Waals surface area (Å²) < 4.78 is 4.38. The monoisotopic (exact) mass is 314 g/mol. The smallest absolute Gasteiger partial charge is 0.290 e. The summed E-state index contributed by atoms with van der Waals surface area (Å²) in [7, 11) is 0. The minimum absolute atomic E-state index is 0.773. The van der Waals surface area contributed by atoms with Gasteiger partial charge in [0.25, 0.3) is 0 Å². The average molecular weight is 314 g/mol. The Labute approximate surface area is 141 Å². The molecule has 0 aliphatic rings. The number of fused-ring (bicyclic) bond motifs is 1. The number of aromatic nitrogens is 2. The highest BCUT2D eigenvalue weighted by Gasteiger charge is 2.20. The first-order chi connectivity index (χ1) is 11.8. The second-order valence-corrected chi connectivity index (χ2v) is 5.99. The number of rotatable bonds is 4. The Hall–Kier alpha value is -3.07. The van der Waals surface area contributed by atoms with Gasteiger partial charge in [0, 0.05) is 0 Å². The molecule has 24 heavy (non-hydrogen) atoms. The lowest BCUT2D eigenvalue weighted by molar-refractivity contribution is -0.648. The summed E-state index contributed by atoms with van der Waals surface area (Å²) in [5.41, 5.74) is 11.4. The van der Waals surface area contributed by atoms with E-state index in [4.69, 9.17) is 5.73 Å². The normalized spacial score (nSPS) is 11.0. The molecule has 1 heterocycles. The zero-order valence-corrected chi connectivity index (χ0v) is 13.5. The third kappa shape index (κ3) is 2.65. The average Bonchev–Trinajstić information content (AvgIpc) is 2.90. The Morgan fingerprint density at radius 2 is 1.29 bits per heavy atom. The fourth-order valence-electron chi connectivity index (χ4n) is 3.18. The van der Waals surface area contributed by atoms with Gasteiger partial charge in [-0.2, -0.15) is 0 Å². The summed E-state index contributed by atoms with van der Waals surface area (Å²) >= 11 is 0. The second kappa shape index (κ2) is 6.20. The molecule has 4 aromatic rings. The van der Waals surface area contributed by atoms with Crippen molar-refractivity contribution >= 4 is 17.0 Å². The van der Waals surface area contributed by atoms with Gasteiger partial charge in [0.05, 0.1) is 13.1 Å². The lowest BCUT2D eigenvalue weighted by Gasteiger charge is -2.03. The molecule has 0 fully saturated rings. The number of hydrogen-bond donors (Lipinski definition) is 1. The minimum Gasteiger partial charge on any atom is -0.290 e. The number of nitrogen functional groups attached to an aromatic ring is 1. The van der Waals surface area contributed by atoms with Crippen LogP contribution in [-0.2, 0) is 13.1 Å². The van der Waals surface area contributed by atoms with Gasteiger partial charge in [0.15, 0.2) is 0 Å². The van der Waals surface area contributed by atoms with E-state index in [-0.39, 0.29) is 0 Å². The molecule has 118 valence electrons. The molecule has 0 aliphatic heterocycles. The molecule has 0 atom stereocenters. The highest BCUT2D eigenvalue weighted by atomic mass is 15.2. The van der Waals surface area contributed by atoms with Crippen LogP contribution in [0.4, 0.5) is 5.95 Å². The summed E-state index contributed by atoms with van der Waals surface area (Å²) in [6.07, 6.45) is 0. The quantitative estimate of drug-likeness (QED) is 0.574. The number of nitrogens with zero attached hydrogens (tertiary/aromatic N) is 2. The molecule has 0 unspecified atom stereocenters. The third-order valence-corrected chi connectivity index (χ3v) is 4.38. The van der Waals surface area contributed by atoms with Crippen molar-refractivity contribution in [1.29, 1.82) is 0 Å². The fraction of sp³-hybridized carbons (Fsp3) is 0.0952. The van der Waals surface area contributed by atoms with Crippen LogP contribution in [0.5, 0.6) is 0 Å². The van der Waals surface area contributed by atoms with Crippen molar-refractivity contribution in [2.45, 2.75) is 13.1 Å². The summed E-state index contributed by atoms with van der Waals surface area (Å²) in [6, 6.07) is 29.3. The van der Waals surface area contributed by atoms with Crippen molar-refractivity contribution in [3.05, 3.63) is 96.1 Å². The Kier molecular flexibility index (Phi) is 3.75. The summed E-state index contributed by atoms with van der Waals surface area (Å²) in [6.45, 7) is 1.55. The van der Waals surface area contributed by atoms with Gasteiger partial charge in [-0.1, -0.05) is 72.8 Å². The molecular formula is C21H20N3+. The van der Waals surface area contributed by atoms with Crippen molar-refractivity contribution in [3.8, 4) is 0 Å². The molecule has 0 saturated heterocycles. The van der Waals surface area contributed by atoms with E-state index in [1.165, 1.54) is 11.1 Å². The SMILES string of the molecule is Nc1n(Cc2ccccc2)c2ccccc2[n+]1Cc1ccccc1. The minimum atomic E-state index is 0.773. The van der Waals surface area contributed by atoms with E-state index in [1.807, 2.05) is 12.1 Å². The first-order valence-electron chi connectivity index (χ1n) is 8.17. The maximum Gasteiger partial charge on any atom is 0.356 e. The number of para-hydroxylation sites is 2. The Bertz CT molecular complexity index is 878. The molecule has 3 heteroatoms. The van der Waals surface area contributed by atoms with Crippen LogP contribution in [-0.4, -0.2) is 4.57 Å². The van der Waals surface area contributed by atoms with Gasteiger partial charge < -0.3 is 0 Å². The van der Waals surface area contributed by atoms with Crippen LogP contribution in [0.15, 0.2) is 84.9 Å². The number of anilines is 1. The van der Waals surface area contributed by atoms with Gasteiger partial charge in [-0.3, -0.25) is 5.73 Å². The number of hydrogen-bond acceptors (Lipinski definition) is 1. The van der Waals surface area contributed by atoms with E-state index >= 15 is 0 Å². The van der Waals surface area contributed by atoms with Gasteiger partial charge in [-0.25, -0.2) is 9.13 Å². The maximum atomic E-state index is 6.54. The van der Waals surface area contributed by atoms with E-state index in [0.29, 0.717) is 0 Å². The highest BCUT2D eigenvalue weighted by Crippen LogP contribution is 2.18. The van der Waals surface area contributed by atoms with Crippen LogP contribution in [0.3, 0.4) is 0 Å². The molecule has 4 rings (SSSR count). The maximum absolute atomic E-state index is 6.54. The topological polar surface area (TPSA) is 34.8 Å². The van der Waals surface area contributed by atoms with E-state index in [9.17, 15) is 0 Å². The fourth-order valence-corrected chi connectivity index (χ4v) is 3.18. The molecule has 2 N–H and O–H groups in total. The van der Waals surface area contributed by atoms with Crippen LogP contribution in [0.2, 0.25) is 0 Å².